The quantitative estimate of drug-likeness (QED) is 0.776. The molecule has 2 heteroatoms. The van der Waals surface area contributed by atoms with Crippen molar-refractivity contribution >= 4 is 0 Å². The van der Waals surface area contributed by atoms with Crippen LogP contribution in [0.3, 0.4) is 0 Å². The molecule has 1 aliphatic heterocycles. The van der Waals surface area contributed by atoms with E-state index in [0.29, 0.717) is 0 Å². The fraction of sp³-hybridized carbons (Fsp3) is 0.571. The highest BCUT2D eigenvalue weighted by Crippen LogP contribution is 2.27. The second-order valence-corrected chi connectivity index (χ2v) is 5.32. The van der Waals surface area contributed by atoms with E-state index in [2.05, 4.69) is 56.2 Å². The predicted octanol–water partition coefficient (Wildman–Crippen LogP) is 2.05. The molecular weight excluding hydrogens is 196 g/mol. The smallest absolute Gasteiger partial charge is 0.0537 e. The molecule has 0 aliphatic carbocycles. The maximum atomic E-state index is 3.66. The lowest BCUT2D eigenvalue weighted by Gasteiger charge is -2.41. The third-order valence-corrected chi connectivity index (χ3v) is 3.57. The molecule has 1 aromatic carbocycles. The van der Waals surface area contributed by atoms with Gasteiger partial charge in [-0.25, -0.2) is 0 Å². The standard InChI is InChI=1S/C14H22N2/c1-11-5-6-13(12(2)9-11)14(3)10-16(4)8-7-15-14/h5-6,9,15H,7-8,10H2,1-4H3. The van der Waals surface area contributed by atoms with Gasteiger partial charge in [0.05, 0.1) is 5.54 Å². The van der Waals surface area contributed by atoms with E-state index in [1.165, 1.54) is 16.7 Å². The van der Waals surface area contributed by atoms with Crippen LogP contribution in [0.15, 0.2) is 18.2 Å². The summed E-state index contributed by atoms with van der Waals surface area (Å²) in [5, 5.41) is 3.66. The van der Waals surface area contributed by atoms with E-state index >= 15 is 0 Å². The zero-order chi connectivity index (χ0) is 11.8. The van der Waals surface area contributed by atoms with Gasteiger partial charge in [0.2, 0.25) is 0 Å². The summed E-state index contributed by atoms with van der Waals surface area (Å²) in [5.74, 6) is 0. The zero-order valence-corrected chi connectivity index (χ0v) is 10.8. The fourth-order valence-electron chi connectivity index (χ4n) is 2.81. The number of rotatable bonds is 1. The summed E-state index contributed by atoms with van der Waals surface area (Å²) in [6.45, 7) is 9.96. The van der Waals surface area contributed by atoms with Gasteiger partial charge in [0, 0.05) is 19.6 Å². The summed E-state index contributed by atoms with van der Waals surface area (Å²) in [6, 6.07) is 6.76. The molecule has 88 valence electrons. The van der Waals surface area contributed by atoms with E-state index in [-0.39, 0.29) is 5.54 Å². The van der Waals surface area contributed by atoms with E-state index in [0.717, 1.165) is 19.6 Å². The number of nitrogens with one attached hydrogen (secondary N) is 1. The van der Waals surface area contributed by atoms with Crippen LogP contribution in [0, 0.1) is 13.8 Å². The van der Waals surface area contributed by atoms with Crippen LogP contribution in [0.1, 0.15) is 23.6 Å². The van der Waals surface area contributed by atoms with Crippen LogP contribution in [-0.2, 0) is 5.54 Å². The van der Waals surface area contributed by atoms with Crippen molar-refractivity contribution in [2.24, 2.45) is 0 Å². The fourth-order valence-corrected chi connectivity index (χ4v) is 2.81. The zero-order valence-electron chi connectivity index (χ0n) is 10.8. The Morgan fingerprint density at radius 1 is 1.31 bits per heavy atom. The van der Waals surface area contributed by atoms with E-state index < -0.39 is 0 Å². The topological polar surface area (TPSA) is 15.3 Å². The summed E-state index contributed by atoms with van der Waals surface area (Å²) < 4.78 is 0. The molecule has 0 saturated carbocycles. The largest absolute Gasteiger partial charge is 0.305 e. The average molecular weight is 218 g/mol. The number of likely N-dealkylation sites (N-methyl/N-ethyl adjacent to an activating group) is 1. The Balaban J connectivity index is 2.34. The Bertz CT molecular complexity index is 386. The van der Waals surface area contributed by atoms with E-state index in [9.17, 15) is 0 Å². The van der Waals surface area contributed by atoms with Crippen molar-refractivity contribution in [3.63, 3.8) is 0 Å². The number of aryl methyl sites for hydroxylation is 2. The van der Waals surface area contributed by atoms with Crippen LogP contribution in [0.4, 0.5) is 0 Å². The second kappa shape index (κ2) is 4.19. The summed E-state index contributed by atoms with van der Waals surface area (Å²) >= 11 is 0. The van der Waals surface area contributed by atoms with Crippen molar-refractivity contribution in [3.05, 3.63) is 34.9 Å². The minimum absolute atomic E-state index is 0.102. The lowest BCUT2D eigenvalue weighted by atomic mass is 9.86. The summed E-state index contributed by atoms with van der Waals surface area (Å²) in [4.78, 5) is 2.40. The first-order chi connectivity index (χ1) is 7.51. The Kier molecular flexibility index (Phi) is 3.04. The highest BCUT2D eigenvalue weighted by atomic mass is 15.2. The van der Waals surface area contributed by atoms with E-state index in [4.69, 9.17) is 0 Å². The summed E-state index contributed by atoms with van der Waals surface area (Å²) in [5.41, 5.74) is 4.27. The highest BCUT2D eigenvalue weighted by Gasteiger charge is 2.31. The number of piperazine rings is 1. The van der Waals surface area contributed by atoms with Gasteiger partial charge in [-0.15, -0.1) is 0 Å². The molecule has 16 heavy (non-hydrogen) atoms. The molecule has 0 aromatic heterocycles. The van der Waals surface area contributed by atoms with Gasteiger partial charge < -0.3 is 10.2 Å². The van der Waals surface area contributed by atoms with Crippen LogP contribution < -0.4 is 5.32 Å². The molecule has 2 nitrogen and oxygen atoms in total. The molecule has 1 aromatic rings. The molecule has 1 aliphatic rings. The predicted molar refractivity (Wildman–Crippen MR) is 68.8 cm³/mol. The number of benzene rings is 1. The normalized spacial score (nSPS) is 27.0. The van der Waals surface area contributed by atoms with Crippen LogP contribution in [-0.4, -0.2) is 31.6 Å². The monoisotopic (exact) mass is 218 g/mol. The van der Waals surface area contributed by atoms with Crippen molar-refractivity contribution in [1.82, 2.24) is 10.2 Å². The molecule has 0 bridgehead atoms. The molecular formula is C14H22N2. The number of hydrogen-bond donors (Lipinski definition) is 1. The molecule has 1 unspecified atom stereocenters. The van der Waals surface area contributed by atoms with Crippen LogP contribution in [0.2, 0.25) is 0 Å². The molecule has 1 heterocycles. The molecule has 1 fully saturated rings. The lowest BCUT2D eigenvalue weighted by Crippen LogP contribution is -2.55. The van der Waals surface area contributed by atoms with Crippen LogP contribution in [0.5, 0.6) is 0 Å². The minimum atomic E-state index is 0.102. The van der Waals surface area contributed by atoms with E-state index in [1.807, 2.05) is 0 Å². The first kappa shape index (κ1) is 11.6. The minimum Gasteiger partial charge on any atom is -0.305 e. The number of nitrogens with zero attached hydrogens (tertiary/aromatic N) is 1. The van der Waals surface area contributed by atoms with Crippen LogP contribution in [0.25, 0.3) is 0 Å². The molecule has 0 amide bonds. The Hall–Kier alpha value is -0.860. The summed E-state index contributed by atoms with van der Waals surface area (Å²) in [6.07, 6.45) is 0. The SMILES string of the molecule is Cc1ccc(C2(C)CN(C)CCN2)c(C)c1. The average Bonchev–Trinajstić information content (AvgIpc) is 2.16. The van der Waals surface area contributed by atoms with Crippen molar-refractivity contribution in [2.45, 2.75) is 26.3 Å². The van der Waals surface area contributed by atoms with Crippen molar-refractivity contribution < 1.29 is 0 Å². The molecule has 2 rings (SSSR count). The van der Waals surface area contributed by atoms with Crippen molar-refractivity contribution in [2.75, 3.05) is 26.7 Å². The molecule has 1 N–H and O–H groups in total. The number of hydrogen-bond acceptors (Lipinski definition) is 2. The van der Waals surface area contributed by atoms with Crippen molar-refractivity contribution in [3.8, 4) is 0 Å². The van der Waals surface area contributed by atoms with E-state index in [1.54, 1.807) is 0 Å². The third-order valence-electron chi connectivity index (χ3n) is 3.57. The van der Waals surface area contributed by atoms with Gasteiger partial charge in [-0.3, -0.25) is 0 Å². The molecule has 1 saturated heterocycles. The van der Waals surface area contributed by atoms with Crippen molar-refractivity contribution in [1.29, 1.82) is 0 Å². The van der Waals surface area contributed by atoms with Crippen LogP contribution >= 0.6 is 0 Å². The maximum Gasteiger partial charge on any atom is 0.0537 e. The molecule has 1 atom stereocenters. The molecule has 0 spiro atoms. The first-order valence-corrected chi connectivity index (χ1v) is 6.02. The maximum absolute atomic E-state index is 3.66. The summed E-state index contributed by atoms with van der Waals surface area (Å²) in [7, 11) is 2.20. The lowest BCUT2D eigenvalue weighted by molar-refractivity contribution is 0.170. The first-order valence-electron chi connectivity index (χ1n) is 6.02. The van der Waals surface area contributed by atoms with Gasteiger partial charge in [0.25, 0.3) is 0 Å². The Morgan fingerprint density at radius 2 is 2.06 bits per heavy atom. The second-order valence-electron chi connectivity index (χ2n) is 5.32. The van der Waals surface area contributed by atoms with Gasteiger partial charge in [-0.2, -0.15) is 0 Å². The van der Waals surface area contributed by atoms with Gasteiger partial charge >= 0.3 is 0 Å². The molecule has 0 radical (unpaired) electrons. The Labute approximate surface area is 98.7 Å². The Morgan fingerprint density at radius 3 is 2.69 bits per heavy atom. The van der Waals surface area contributed by atoms with Gasteiger partial charge in [-0.05, 0) is 38.9 Å². The van der Waals surface area contributed by atoms with Gasteiger partial charge in [0.15, 0.2) is 0 Å². The van der Waals surface area contributed by atoms with Gasteiger partial charge in [-0.1, -0.05) is 23.8 Å². The highest BCUT2D eigenvalue weighted by molar-refractivity contribution is 5.36. The van der Waals surface area contributed by atoms with Gasteiger partial charge in [0.1, 0.15) is 0 Å². The third kappa shape index (κ3) is 2.13.